The molecule has 0 spiro atoms. The molecular formula is C14H20N2OS. The highest BCUT2D eigenvalue weighted by Crippen LogP contribution is 2.13. The van der Waals surface area contributed by atoms with Crippen molar-refractivity contribution in [2.45, 2.75) is 24.8 Å². The summed E-state index contributed by atoms with van der Waals surface area (Å²) < 4.78 is 0. The molecule has 1 aromatic rings. The maximum atomic E-state index is 12.3. The van der Waals surface area contributed by atoms with Gasteiger partial charge in [0.2, 0.25) is 0 Å². The zero-order valence-electron chi connectivity index (χ0n) is 11.0. The van der Waals surface area contributed by atoms with E-state index in [1.807, 2.05) is 29.2 Å². The number of rotatable bonds is 2. The fraction of sp³-hybridized carbons (Fsp3) is 0.500. The van der Waals surface area contributed by atoms with E-state index in [9.17, 15) is 4.79 Å². The third-order valence-electron chi connectivity index (χ3n) is 3.45. The molecule has 0 radical (unpaired) electrons. The molecule has 1 saturated heterocycles. The Morgan fingerprint density at radius 3 is 2.17 bits per heavy atom. The lowest BCUT2D eigenvalue weighted by molar-refractivity contribution is 0.0595. The van der Waals surface area contributed by atoms with Crippen LogP contribution in [0, 0.1) is 0 Å². The number of piperazine rings is 1. The van der Waals surface area contributed by atoms with Gasteiger partial charge < -0.3 is 4.90 Å². The van der Waals surface area contributed by atoms with Gasteiger partial charge in [-0.25, -0.2) is 0 Å². The van der Waals surface area contributed by atoms with E-state index in [-0.39, 0.29) is 5.91 Å². The van der Waals surface area contributed by atoms with Gasteiger partial charge in [0.1, 0.15) is 0 Å². The van der Waals surface area contributed by atoms with E-state index in [1.54, 1.807) is 0 Å². The summed E-state index contributed by atoms with van der Waals surface area (Å²) in [5.74, 6) is 0.131. The molecule has 1 heterocycles. The van der Waals surface area contributed by atoms with Gasteiger partial charge in [-0.1, -0.05) is 0 Å². The number of hydrogen-bond acceptors (Lipinski definition) is 3. The van der Waals surface area contributed by atoms with Crippen LogP contribution in [0.25, 0.3) is 0 Å². The Kier molecular flexibility index (Phi) is 4.30. The Morgan fingerprint density at radius 1 is 1.11 bits per heavy atom. The number of thiol groups is 1. The van der Waals surface area contributed by atoms with Crippen molar-refractivity contribution in [2.75, 3.05) is 26.2 Å². The van der Waals surface area contributed by atoms with Crippen molar-refractivity contribution < 1.29 is 4.79 Å². The molecule has 18 heavy (non-hydrogen) atoms. The fourth-order valence-electron chi connectivity index (χ4n) is 2.23. The van der Waals surface area contributed by atoms with Crippen LogP contribution in [-0.2, 0) is 0 Å². The summed E-state index contributed by atoms with van der Waals surface area (Å²) in [5.41, 5.74) is 0.755. The Morgan fingerprint density at radius 2 is 1.67 bits per heavy atom. The van der Waals surface area contributed by atoms with Crippen LogP contribution in [-0.4, -0.2) is 47.9 Å². The lowest BCUT2D eigenvalue weighted by Crippen LogP contribution is -2.50. The summed E-state index contributed by atoms with van der Waals surface area (Å²) in [7, 11) is 0. The largest absolute Gasteiger partial charge is 0.336 e. The SMILES string of the molecule is CC(C)N1CCN(C(=O)c2ccc(S)cc2)CC1. The van der Waals surface area contributed by atoms with Crippen LogP contribution in [0.5, 0.6) is 0 Å². The Balaban J connectivity index is 1.97. The summed E-state index contributed by atoms with van der Waals surface area (Å²) in [6.45, 7) is 7.97. The molecule has 1 aliphatic rings. The monoisotopic (exact) mass is 264 g/mol. The lowest BCUT2D eigenvalue weighted by atomic mass is 10.1. The molecule has 3 nitrogen and oxygen atoms in total. The summed E-state index contributed by atoms with van der Waals surface area (Å²) in [6, 6.07) is 7.98. The van der Waals surface area contributed by atoms with E-state index < -0.39 is 0 Å². The molecule has 0 aliphatic carbocycles. The van der Waals surface area contributed by atoms with Gasteiger partial charge in [-0.2, -0.15) is 0 Å². The summed E-state index contributed by atoms with van der Waals surface area (Å²) >= 11 is 4.23. The van der Waals surface area contributed by atoms with E-state index in [4.69, 9.17) is 0 Å². The second-order valence-corrected chi connectivity index (χ2v) is 5.49. The first-order chi connectivity index (χ1) is 8.58. The average molecular weight is 264 g/mol. The van der Waals surface area contributed by atoms with Crippen LogP contribution in [0.4, 0.5) is 0 Å². The van der Waals surface area contributed by atoms with Gasteiger partial charge in [0.15, 0.2) is 0 Å². The minimum Gasteiger partial charge on any atom is -0.336 e. The third-order valence-corrected chi connectivity index (χ3v) is 3.74. The van der Waals surface area contributed by atoms with Crippen molar-refractivity contribution in [3.63, 3.8) is 0 Å². The van der Waals surface area contributed by atoms with Crippen molar-refractivity contribution in [1.82, 2.24) is 9.80 Å². The summed E-state index contributed by atoms with van der Waals surface area (Å²) in [4.78, 5) is 17.5. The number of benzene rings is 1. The maximum Gasteiger partial charge on any atom is 0.253 e. The Hall–Kier alpha value is -1.00. The van der Waals surface area contributed by atoms with Crippen LogP contribution in [0.2, 0.25) is 0 Å². The molecule has 0 saturated carbocycles. The third kappa shape index (κ3) is 3.06. The van der Waals surface area contributed by atoms with E-state index in [2.05, 4.69) is 31.4 Å². The molecular weight excluding hydrogens is 244 g/mol. The predicted molar refractivity (Wildman–Crippen MR) is 76.3 cm³/mol. The van der Waals surface area contributed by atoms with Crippen LogP contribution >= 0.6 is 12.6 Å². The highest BCUT2D eigenvalue weighted by molar-refractivity contribution is 7.80. The highest BCUT2D eigenvalue weighted by Gasteiger charge is 2.22. The van der Waals surface area contributed by atoms with Crippen LogP contribution < -0.4 is 0 Å². The molecule has 1 amide bonds. The molecule has 2 rings (SSSR count). The first-order valence-electron chi connectivity index (χ1n) is 6.40. The van der Waals surface area contributed by atoms with E-state index >= 15 is 0 Å². The van der Waals surface area contributed by atoms with Crippen molar-refractivity contribution in [3.8, 4) is 0 Å². The molecule has 0 aromatic heterocycles. The second-order valence-electron chi connectivity index (χ2n) is 4.97. The first kappa shape index (κ1) is 13.4. The predicted octanol–water partition coefficient (Wildman–Crippen LogP) is 2.14. The number of carbonyl (C=O) groups is 1. The Labute approximate surface area is 114 Å². The summed E-state index contributed by atoms with van der Waals surface area (Å²) in [6.07, 6.45) is 0. The zero-order chi connectivity index (χ0) is 13.1. The van der Waals surface area contributed by atoms with Gasteiger partial charge in [-0.15, -0.1) is 12.6 Å². The van der Waals surface area contributed by atoms with Crippen LogP contribution in [0.1, 0.15) is 24.2 Å². The number of nitrogens with zero attached hydrogens (tertiary/aromatic N) is 2. The van der Waals surface area contributed by atoms with Gasteiger partial charge >= 0.3 is 0 Å². The molecule has 0 bridgehead atoms. The highest BCUT2D eigenvalue weighted by atomic mass is 32.1. The van der Waals surface area contributed by atoms with Gasteiger partial charge in [0.05, 0.1) is 0 Å². The molecule has 98 valence electrons. The normalized spacial score (nSPS) is 17.2. The smallest absolute Gasteiger partial charge is 0.253 e. The molecule has 0 unspecified atom stereocenters. The molecule has 1 aromatic carbocycles. The molecule has 0 N–H and O–H groups in total. The van der Waals surface area contributed by atoms with Crippen molar-refractivity contribution >= 4 is 18.5 Å². The maximum absolute atomic E-state index is 12.3. The zero-order valence-corrected chi connectivity index (χ0v) is 11.9. The van der Waals surface area contributed by atoms with Crippen molar-refractivity contribution in [1.29, 1.82) is 0 Å². The van der Waals surface area contributed by atoms with Gasteiger partial charge in [-0.3, -0.25) is 9.69 Å². The molecule has 0 atom stereocenters. The average Bonchev–Trinajstić information content (AvgIpc) is 2.39. The lowest BCUT2D eigenvalue weighted by Gasteiger charge is -2.37. The van der Waals surface area contributed by atoms with Gasteiger partial charge in [0.25, 0.3) is 5.91 Å². The van der Waals surface area contributed by atoms with Crippen molar-refractivity contribution in [3.05, 3.63) is 29.8 Å². The van der Waals surface area contributed by atoms with E-state index in [1.165, 1.54) is 0 Å². The van der Waals surface area contributed by atoms with Gasteiger partial charge in [0, 0.05) is 42.7 Å². The molecule has 1 aliphatic heterocycles. The fourth-order valence-corrected chi connectivity index (χ4v) is 2.38. The first-order valence-corrected chi connectivity index (χ1v) is 6.85. The minimum atomic E-state index is 0.131. The Bertz CT molecular complexity index is 408. The van der Waals surface area contributed by atoms with Crippen LogP contribution in [0.3, 0.4) is 0 Å². The number of hydrogen-bond donors (Lipinski definition) is 1. The summed E-state index contributed by atoms with van der Waals surface area (Å²) in [5, 5.41) is 0. The molecule has 4 heteroatoms. The topological polar surface area (TPSA) is 23.6 Å². The van der Waals surface area contributed by atoms with E-state index in [0.29, 0.717) is 6.04 Å². The number of carbonyl (C=O) groups excluding carboxylic acids is 1. The minimum absolute atomic E-state index is 0.131. The quantitative estimate of drug-likeness (QED) is 0.827. The molecule has 1 fully saturated rings. The van der Waals surface area contributed by atoms with Gasteiger partial charge in [-0.05, 0) is 38.1 Å². The standard InChI is InChI=1S/C14H20N2OS/c1-11(2)15-7-9-16(10-8-15)14(17)12-3-5-13(18)6-4-12/h3-6,11,18H,7-10H2,1-2H3. The van der Waals surface area contributed by atoms with Crippen LogP contribution in [0.15, 0.2) is 29.2 Å². The number of amides is 1. The van der Waals surface area contributed by atoms with E-state index in [0.717, 1.165) is 36.6 Å². The second kappa shape index (κ2) is 5.76. The van der Waals surface area contributed by atoms with Crippen molar-refractivity contribution in [2.24, 2.45) is 0 Å².